The van der Waals surface area contributed by atoms with E-state index >= 15 is 0 Å². The molecule has 7 nitrogen and oxygen atoms in total. The molecule has 0 saturated heterocycles. The maximum atomic E-state index is 13.4. The van der Waals surface area contributed by atoms with Crippen LogP contribution in [0, 0.1) is 0 Å². The maximum Gasteiger partial charge on any atom is 0.336 e. The smallest absolute Gasteiger partial charge is 0.336 e. The Morgan fingerprint density at radius 3 is 2.66 bits per heavy atom. The van der Waals surface area contributed by atoms with E-state index in [1.54, 1.807) is 43.3 Å². The van der Waals surface area contributed by atoms with Crippen molar-refractivity contribution in [1.82, 2.24) is 14.5 Å². The second-order valence-corrected chi connectivity index (χ2v) is 7.55. The minimum atomic E-state index is -0.818. The quantitative estimate of drug-likeness (QED) is 0.697. The molecule has 0 radical (unpaired) electrons. The highest BCUT2D eigenvalue weighted by molar-refractivity contribution is 6.31. The van der Waals surface area contributed by atoms with Crippen molar-refractivity contribution in [2.75, 3.05) is 7.11 Å². The number of methoxy groups -OCH3 is 1. The van der Waals surface area contributed by atoms with Crippen LogP contribution in [0.5, 0.6) is 5.75 Å². The van der Waals surface area contributed by atoms with Gasteiger partial charge >= 0.3 is 5.69 Å². The largest absolute Gasteiger partial charge is 0.497 e. The minimum absolute atomic E-state index is 0.153. The zero-order valence-corrected chi connectivity index (χ0v) is 16.8. The van der Waals surface area contributed by atoms with Crippen molar-refractivity contribution in [2.45, 2.75) is 31.8 Å². The summed E-state index contributed by atoms with van der Waals surface area (Å²) in [5.74, 6) is 0.239. The van der Waals surface area contributed by atoms with Crippen LogP contribution >= 0.6 is 11.6 Å². The van der Waals surface area contributed by atoms with Crippen LogP contribution in [0.1, 0.15) is 25.8 Å². The Hall–Kier alpha value is -3.06. The number of benzene rings is 2. The van der Waals surface area contributed by atoms with E-state index in [2.05, 4.69) is 5.32 Å². The molecule has 1 atom stereocenters. The molecule has 0 spiro atoms. The monoisotopic (exact) mass is 413 g/mol. The highest BCUT2D eigenvalue weighted by atomic mass is 35.5. The van der Waals surface area contributed by atoms with Crippen molar-refractivity contribution >= 4 is 28.4 Å². The van der Waals surface area contributed by atoms with Gasteiger partial charge in [0.2, 0.25) is 5.91 Å². The first-order valence-corrected chi connectivity index (χ1v) is 9.70. The fraction of sp³-hybridized carbons (Fsp3) is 0.286. The van der Waals surface area contributed by atoms with E-state index in [4.69, 9.17) is 16.3 Å². The van der Waals surface area contributed by atoms with Crippen molar-refractivity contribution < 1.29 is 9.53 Å². The van der Waals surface area contributed by atoms with Crippen molar-refractivity contribution in [2.24, 2.45) is 0 Å². The summed E-state index contributed by atoms with van der Waals surface area (Å²) in [4.78, 5) is 39.3. The van der Waals surface area contributed by atoms with Gasteiger partial charge in [-0.3, -0.25) is 14.2 Å². The molecule has 150 valence electrons. The molecule has 3 aromatic rings. The number of carbonyl (C=O) groups excluding carboxylic acids is 1. The Kier molecular flexibility index (Phi) is 4.92. The van der Waals surface area contributed by atoms with Crippen LogP contribution in [0.3, 0.4) is 0 Å². The summed E-state index contributed by atoms with van der Waals surface area (Å²) < 4.78 is 7.59. The molecule has 1 heterocycles. The number of ether oxygens (including phenoxy) is 1. The van der Waals surface area contributed by atoms with Crippen molar-refractivity contribution in [3.63, 3.8) is 0 Å². The number of carbonyl (C=O) groups is 1. The minimum Gasteiger partial charge on any atom is -0.497 e. The number of nitrogens with zero attached hydrogens (tertiary/aromatic N) is 2. The molecule has 8 heteroatoms. The van der Waals surface area contributed by atoms with Crippen LogP contribution in [0.15, 0.2) is 52.1 Å². The van der Waals surface area contributed by atoms with Crippen LogP contribution in [-0.2, 0) is 4.79 Å². The predicted molar refractivity (Wildman–Crippen MR) is 111 cm³/mol. The van der Waals surface area contributed by atoms with E-state index < -0.39 is 17.3 Å². The fourth-order valence-electron chi connectivity index (χ4n) is 3.32. The van der Waals surface area contributed by atoms with E-state index in [1.807, 2.05) is 0 Å². The number of fused-ring (bicyclic) bond motifs is 1. The number of hydrogen-bond donors (Lipinski definition) is 1. The highest BCUT2D eigenvalue weighted by Crippen LogP contribution is 2.23. The lowest BCUT2D eigenvalue weighted by atomic mass is 10.2. The SMILES string of the molecule is COc1cccc(-n2c(=O)c3ccc(Cl)cc3n(C(C)C(=O)NC3CC3)c2=O)c1. The van der Waals surface area contributed by atoms with Gasteiger partial charge in [0.05, 0.1) is 23.7 Å². The average molecular weight is 414 g/mol. The van der Waals surface area contributed by atoms with E-state index in [0.717, 1.165) is 17.4 Å². The molecule has 2 aromatic carbocycles. The Morgan fingerprint density at radius 2 is 1.97 bits per heavy atom. The molecule has 1 aliphatic rings. The number of halogens is 1. The number of rotatable bonds is 5. The highest BCUT2D eigenvalue weighted by Gasteiger charge is 2.28. The molecule has 29 heavy (non-hydrogen) atoms. The zero-order valence-electron chi connectivity index (χ0n) is 16.0. The molecule has 1 amide bonds. The van der Waals surface area contributed by atoms with E-state index in [1.165, 1.54) is 17.7 Å². The van der Waals surface area contributed by atoms with Crippen LogP contribution in [0.2, 0.25) is 5.02 Å². The zero-order chi connectivity index (χ0) is 20.7. The number of nitrogens with one attached hydrogen (secondary N) is 1. The summed E-state index contributed by atoms with van der Waals surface area (Å²) in [5, 5.41) is 3.58. The second kappa shape index (κ2) is 7.40. The van der Waals surface area contributed by atoms with Crippen LogP contribution < -0.4 is 21.3 Å². The summed E-state index contributed by atoms with van der Waals surface area (Å²) in [6, 6.07) is 10.7. The number of aromatic nitrogens is 2. The van der Waals surface area contributed by atoms with E-state index in [0.29, 0.717) is 27.4 Å². The Labute approximate surface area is 171 Å². The third-order valence-corrected chi connectivity index (χ3v) is 5.29. The molecule has 1 unspecified atom stereocenters. The lowest BCUT2D eigenvalue weighted by Gasteiger charge is -2.20. The number of amides is 1. The topological polar surface area (TPSA) is 82.3 Å². The fourth-order valence-corrected chi connectivity index (χ4v) is 3.49. The first-order chi connectivity index (χ1) is 13.9. The predicted octanol–water partition coefficient (Wildman–Crippen LogP) is 2.65. The molecule has 1 aliphatic carbocycles. The maximum absolute atomic E-state index is 13.4. The molecule has 0 aliphatic heterocycles. The van der Waals surface area contributed by atoms with Gasteiger partial charge in [-0.1, -0.05) is 17.7 Å². The third kappa shape index (κ3) is 3.53. The normalized spacial score (nSPS) is 14.6. The summed E-state index contributed by atoms with van der Waals surface area (Å²) in [6.07, 6.45) is 1.87. The first-order valence-electron chi connectivity index (χ1n) is 9.32. The number of hydrogen-bond acceptors (Lipinski definition) is 4. The standard InChI is InChI=1S/C21H20ClN3O4/c1-12(19(26)23-14-7-8-14)24-18-10-13(22)6-9-17(18)20(27)25(21(24)28)15-4-3-5-16(11-15)29-2/h3-6,9-12,14H,7-8H2,1-2H3,(H,23,26). The molecular formula is C21H20ClN3O4. The Bertz CT molecular complexity index is 1230. The van der Waals surface area contributed by atoms with Gasteiger partial charge in [0.1, 0.15) is 11.8 Å². The van der Waals surface area contributed by atoms with Gasteiger partial charge in [-0.15, -0.1) is 0 Å². The Balaban J connectivity index is 2.00. The van der Waals surface area contributed by atoms with Gasteiger partial charge in [0.25, 0.3) is 5.56 Å². The van der Waals surface area contributed by atoms with Crippen LogP contribution in [0.25, 0.3) is 16.6 Å². The lowest BCUT2D eigenvalue weighted by molar-refractivity contribution is -0.124. The van der Waals surface area contributed by atoms with E-state index in [-0.39, 0.29) is 11.9 Å². The second-order valence-electron chi connectivity index (χ2n) is 7.11. The summed E-state index contributed by atoms with van der Waals surface area (Å²) >= 11 is 6.13. The van der Waals surface area contributed by atoms with Gasteiger partial charge < -0.3 is 10.1 Å². The summed E-state index contributed by atoms with van der Waals surface area (Å²) in [5.41, 5.74) is -0.415. The van der Waals surface area contributed by atoms with Gasteiger partial charge in [0.15, 0.2) is 0 Å². The van der Waals surface area contributed by atoms with Crippen molar-refractivity contribution in [3.8, 4) is 11.4 Å². The van der Waals surface area contributed by atoms with E-state index in [9.17, 15) is 14.4 Å². The summed E-state index contributed by atoms with van der Waals surface area (Å²) in [7, 11) is 1.51. The third-order valence-electron chi connectivity index (χ3n) is 5.05. The first kappa shape index (κ1) is 19.3. The van der Waals surface area contributed by atoms with Crippen LogP contribution in [0.4, 0.5) is 0 Å². The molecule has 1 N–H and O–H groups in total. The molecule has 0 bridgehead atoms. The Morgan fingerprint density at radius 1 is 1.21 bits per heavy atom. The van der Waals surface area contributed by atoms with Gasteiger partial charge in [0, 0.05) is 17.1 Å². The van der Waals surface area contributed by atoms with Crippen molar-refractivity contribution in [3.05, 3.63) is 68.3 Å². The lowest BCUT2D eigenvalue weighted by Crippen LogP contribution is -2.44. The molecular weight excluding hydrogens is 394 g/mol. The molecule has 1 fully saturated rings. The van der Waals surface area contributed by atoms with Crippen molar-refractivity contribution in [1.29, 1.82) is 0 Å². The van der Waals surface area contributed by atoms with Gasteiger partial charge in [-0.05, 0) is 50.1 Å². The van der Waals surface area contributed by atoms with Gasteiger partial charge in [-0.25, -0.2) is 9.36 Å². The molecule has 1 saturated carbocycles. The van der Waals surface area contributed by atoms with Crippen LogP contribution in [-0.4, -0.2) is 28.2 Å². The average Bonchev–Trinajstić information content (AvgIpc) is 3.52. The summed E-state index contributed by atoms with van der Waals surface area (Å²) in [6.45, 7) is 1.64. The molecule has 1 aromatic heterocycles. The molecule has 4 rings (SSSR count). The van der Waals surface area contributed by atoms with Gasteiger partial charge in [-0.2, -0.15) is 0 Å².